The van der Waals surface area contributed by atoms with E-state index in [-0.39, 0.29) is 17.7 Å². The standard InChI is InChI=1S/C17H24N6O2/c1-11-6-12(2)23-17(20-11)14(7-19-23)8-21-4-5-22(13(3)24)10-15(9-21)16(18)25/h6-7,15H,4-5,8-10H2,1-3H3,(H2,18,25)/t15-/m0/s1. The molecule has 1 fully saturated rings. The maximum atomic E-state index is 11.8. The minimum absolute atomic E-state index is 0.0306. The Labute approximate surface area is 146 Å². The van der Waals surface area contributed by atoms with E-state index in [4.69, 9.17) is 5.73 Å². The Hall–Kier alpha value is -2.48. The van der Waals surface area contributed by atoms with Crippen molar-refractivity contribution in [2.45, 2.75) is 27.3 Å². The van der Waals surface area contributed by atoms with E-state index in [9.17, 15) is 9.59 Å². The van der Waals surface area contributed by atoms with Gasteiger partial charge < -0.3 is 10.6 Å². The third-order valence-electron chi connectivity index (χ3n) is 4.70. The average Bonchev–Trinajstić information content (AvgIpc) is 2.79. The normalized spacial score (nSPS) is 19.2. The number of nitrogens with two attached hydrogens (primary N) is 1. The molecule has 3 rings (SSSR count). The van der Waals surface area contributed by atoms with Crippen LogP contribution < -0.4 is 5.73 Å². The summed E-state index contributed by atoms with van der Waals surface area (Å²) in [6.45, 7) is 8.29. The number of nitrogens with zero attached hydrogens (tertiary/aromatic N) is 5. The summed E-state index contributed by atoms with van der Waals surface area (Å²) in [7, 11) is 0. The Kier molecular flexibility index (Phi) is 4.71. The molecule has 1 saturated heterocycles. The number of carbonyl (C=O) groups is 2. The molecule has 2 amide bonds. The molecule has 0 spiro atoms. The fourth-order valence-corrected chi connectivity index (χ4v) is 3.36. The molecule has 0 bridgehead atoms. The van der Waals surface area contributed by atoms with E-state index < -0.39 is 0 Å². The van der Waals surface area contributed by atoms with Crippen LogP contribution in [0.4, 0.5) is 0 Å². The number of carbonyl (C=O) groups excluding carboxylic acids is 2. The maximum absolute atomic E-state index is 11.8. The summed E-state index contributed by atoms with van der Waals surface area (Å²) in [5.41, 5.74) is 9.35. The van der Waals surface area contributed by atoms with Crippen molar-refractivity contribution in [2.24, 2.45) is 11.7 Å². The van der Waals surface area contributed by atoms with Crippen molar-refractivity contribution in [1.82, 2.24) is 24.4 Å². The van der Waals surface area contributed by atoms with Crippen LogP contribution in [-0.4, -0.2) is 62.4 Å². The molecule has 0 aromatic carbocycles. The van der Waals surface area contributed by atoms with Gasteiger partial charge in [0, 0.05) is 56.6 Å². The second kappa shape index (κ2) is 6.79. The van der Waals surface area contributed by atoms with Crippen LogP contribution in [0.2, 0.25) is 0 Å². The molecule has 0 saturated carbocycles. The highest BCUT2D eigenvalue weighted by molar-refractivity contribution is 5.79. The molecule has 3 heterocycles. The highest BCUT2D eigenvalue weighted by Crippen LogP contribution is 2.17. The van der Waals surface area contributed by atoms with E-state index in [0.29, 0.717) is 32.7 Å². The first-order valence-corrected chi connectivity index (χ1v) is 8.43. The van der Waals surface area contributed by atoms with Crippen molar-refractivity contribution >= 4 is 17.5 Å². The molecule has 0 radical (unpaired) electrons. The lowest BCUT2D eigenvalue weighted by molar-refractivity contribution is -0.130. The minimum Gasteiger partial charge on any atom is -0.369 e. The van der Waals surface area contributed by atoms with Gasteiger partial charge in [-0.15, -0.1) is 0 Å². The third kappa shape index (κ3) is 3.63. The van der Waals surface area contributed by atoms with Crippen molar-refractivity contribution < 1.29 is 9.59 Å². The fraction of sp³-hybridized carbons (Fsp3) is 0.529. The zero-order valence-corrected chi connectivity index (χ0v) is 14.9. The van der Waals surface area contributed by atoms with Gasteiger partial charge >= 0.3 is 0 Å². The Morgan fingerprint density at radius 1 is 1.28 bits per heavy atom. The van der Waals surface area contributed by atoms with Crippen LogP contribution >= 0.6 is 0 Å². The van der Waals surface area contributed by atoms with Gasteiger partial charge in [0.25, 0.3) is 0 Å². The molecule has 1 aliphatic heterocycles. The van der Waals surface area contributed by atoms with E-state index in [2.05, 4.69) is 15.0 Å². The summed E-state index contributed by atoms with van der Waals surface area (Å²) >= 11 is 0. The number of hydrogen-bond donors (Lipinski definition) is 1. The average molecular weight is 344 g/mol. The fourth-order valence-electron chi connectivity index (χ4n) is 3.36. The predicted octanol–water partition coefficient (Wildman–Crippen LogP) is 0.112. The second-order valence-electron chi connectivity index (χ2n) is 6.74. The van der Waals surface area contributed by atoms with Gasteiger partial charge in [-0.2, -0.15) is 5.10 Å². The molecule has 1 atom stereocenters. The van der Waals surface area contributed by atoms with Crippen LogP contribution in [0.3, 0.4) is 0 Å². The van der Waals surface area contributed by atoms with Crippen molar-refractivity contribution in [2.75, 3.05) is 26.2 Å². The number of fused-ring (bicyclic) bond motifs is 1. The van der Waals surface area contributed by atoms with Gasteiger partial charge in [0.05, 0.1) is 12.1 Å². The molecule has 1 aliphatic rings. The first-order valence-electron chi connectivity index (χ1n) is 8.43. The van der Waals surface area contributed by atoms with Crippen molar-refractivity contribution in [3.05, 3.63) is 29.2 Å². The lowest BCUT2D eigenvalue weighted by Gasteiger charge is -2.21. The van der Waals surface area contributed by atoms with Crippen LogP contribution in [0.25, 0.3) is 5.65 Å². The second-order valence-corrected chi connectivity index (χ2v) is 6.74. The topological polar surface area (TPSA) is 96.8 Å². The summed E-state index contributed by atoms with van der Waals surface area (Å²) in [4.78, 5) is 31.9. The van der Waals surface area contributed by atoms with Crippen LogP contribution in [-0.2, 0) is 16.1 Å². The molecule has 0 unspecified atom stereocenters. The molecule has 8 nitrogen and oxygen atoms in total. The summed E-state index contributed by atoms with van der Waals surface area (Å²) < 4.78 is 1.83. The summed E-state index contributed by atoms with van der Waals surface area (Å²) in [6, 6.07) is 1.99. The summed E-state index contributed by atoms with van der Waals surface area (Å²) in [5, 5.41) is 4.42. The van der Waals surface area contributed by atoms with Crippen LogP contribution in [0.5, 0.6) is 0 Å². The number of amides is 2. The SMILES string of the molecule is CC(=O)N1CCN(Cc2cnn3c(C)cc(C)nc23)C[C@H](C(N)=O)C1. The van der Waals surface area contributed by atoms with Crippen LogP contribution in [0, 0.1) is 19.8 Å². The lowest BCUT2D eigenvalue weighted by Crippen LogP contribution is -2.39. The third-order valence-corrected chi connectivity index (χ3v) is 4.70. The van der Waals surface area contributed by atoms with Gasteiger partial charge in [-0.1, -0.05) is 0 Å². The van der Waals surface area contributed by atoms with Crippen molar-refractivity contribution in [3.8, 4) is 0 Å². The van der Waals surface area contributed by atoms with E-state index in [1.807, 2.05) is 30.6 Å². The van der Waals surface area contributed by atoms with Gasteiger partial charge in [-0.25, -0.2) is 9.50 Å². The number of rotatable bonds is 3. The highest BCUT2D eigenvalue weighted by atomic mass is 16.2. The number of aromatic nitrogens is 3. The first-order chi connectivity index (χ1) is 11.8. The van der Waals surface area contributed by atoms with Crippen LogP contribution in [0.1, 0.15) is 23.9 Å². The van der Waals surface area contributed by atoms with E-state index in [0.717, 1.165) is 22.6 Å². The number of primary amides is 1. The van der Waals surface area contributed by atoms with Crippen molar-refractivity contribution in [1.29, 1.82) is 0 Å². The highest BCUT2D eigenvalue weighted by Gasteiger charge is 2.28. The number of aryl methyl sites for hydroxylation is 2. The van der Waals surface area contributed by atoms with Gasteiger partial charge in [0.1, 0.15) is 0 Å². The molecular weight excluding hydrogens is 320 g/mol. The number of hydrogen-bond acceptors (Lipinski definition) is 5. The monoisotopic (exact) mass is 344 g/mol. The quantitative estimate of drug-likeness (QED) is 0.852. The minimum atomic E-state index is -0.372. The molecule has 25 heavy (non-hydrogen) atoms. The zero-order valence-electron chi connectivity index (χ0n) is 14.9. The van der Waals surface area contributed by atoms with Gasteiger partial charge in [0.15, 0.2) is 5.65 Å². The Balaban J connectivity index is 1.84. The van der Waals surface area contributed by atoms with E-state index in [1.54, 1.807) is 4.90 Å². The molecule has 134 valence electrons. The van der Waals surface area contributed by atoms with E-state index in [1.165, 1.54) is 6.92 Å². The maximum Gasteiger partial charge on any atom is 0.223 e. The Morgan fingerprint density at radius 2 is 2.04 bits per heavy atom. The van der Waals surface area contributed by atoms with Gasteiger partial charge in [-0.05, 0) is 19.9 Å². The van der Waals surface area contributed by atoms with Gasteiger partial charge in [0.2, 0.25) is 11.8 Å². The molecule has 2 aromatic heterocycles. The Bertz CT molecular complexity index is 815. The van der Waals surface area contributed by atoms with Crippen LogP contribution in [0.15, 0.2) is 12.3 Å². The lowest BCUT2D eigenvalue weighted by atomic mass is 10.1. The molecule has 2 N–H and O–H groups in total. The Morgan fingerprint density at radius 3 is 2.72 bits per heavy atom. The smallest absolute Gasteiger partial charge is 0.223 e. The van der Waals surface area contributed by atoms with E-state index >= 15 is 0 Å². The molecule has 8 heteroatoms. The largest absolute Gasteiger partial charge is 0.369 e. The summed E-state index contributed by atoms with van der Waals surface area (Å²) in [5.74, 6) is -0.774. The molecule has 0 aliphatic carbocycles. The van der Waals surface area contributed by atoms with Gasteiger partial charge in [-0.3, -0.25) is 14.5 Å². The van der Waals surface area contributed by atoms with Crippen molar-refractivity contribution in [3.63, 3.8) is 0 Å². The zero-order chi connectivity index (χ0) is 18.1. The predicted molar refractivity (Wildman–Crippen MR) is 92.7 cm³/mol. The molecule has 2 aromatic rings. The first kappa shape index (κ1) is 17.3. The summed E-state index contributed by atoms with van der Waals surface area (Å²) in [6.07, 6.45) is 1.82. The molecular formula is C17H24N6O2.